The van der Waals surface area contributed by atoms with Crippen LogP contribution in [0.2, 0.25) is 0 Å². The van der Waals surface area contributed by atoms with Crippen LogP contribution in [0.5, 0.6) is 0 Å². The fraction of sp³-hybridized carbons (Fsp3) is 0.680. The molecule has 1 heterocycles. The fourth-order valence-electron chi connectivity index (χ4n) is 5.47. The summed E-state index contributed by atoms with van der Waals surface area (Å²) in [5.41, 5.74) is 3.36. The summed E-state index contributed by atoms with van der Waals surface area (Å²) < 4.78 is 0. The molecule has 0 bridgehead atoms. The zero-order chi connectivity index (χ0) is 18.9. The highest BCUT2D eigenvalue weighted by atomic mass is 15.3. The smallest absolute Gasteiger partial charge is 0.103 e. The van der Waals surface area contributed by atoms with Gasteiger partial charge < -0.3 is 10.2 Å². The lowest BCUT2D eigenvalue weighted by Gasteiger charge is -2.43. The first-order chi connectivity index (χ1) is 13.0. The zero-order valence-electron chi connectivity index (χ0n) is 17.6. The summed E-state index contributed by atoms with van der Waals surface area (Å²) in [6, 6.07) is 10.3. The van der Waals surface area contributed by atoms with Crippen molar-refractivity contribution in [1.29, 1.82) is 0 Å². The van der Waals surface area contributed by atoms with E-state index in [1.807, 2.05) is 0 Å². The van der Waals surface area contributed by atoms with E-state index in [-0.39, 0.29) is 0 Å². The van der Waals surface area contributed by atoms with E-state index in [9.17, 15) is 0 Å². The number of hydrogen-bond acceptors (Lipinski definition) is 2. The lowest BCUT2D eigenvalue weighted by atomic mass is 9.71. The van der Waals surface area contributed by atoms with Crippen LogP contribution in [0.25, 0.3) is 6.08 Å². The van der Waals surface area contributed by atoms with Crippen LogP contribution in [0.3, 0.4) is 0 Å². The van der Waals surface area contributed by atoms with Crippen LogP contribution in [-0.4, -0.2) is 17.0 Å². The van der Waals surface area contributed by atoms with Gasteiger partial charge in [-0.3, -0.25) is 0 Å². The van der Waals surface area contributed by atoms with Crippen molar-refractivity contribution >= 4 is 6.08 Å². The summed E-state index contributed by atoms with van der Waals surface area (Å²) in [7, 11) is 0. The average Bonchev–Trinajstić information content (AvgIpc) is 2.68. The Bertz CT molecular complexity index is 655. The maximum atomic E-state index is 4.01. The Hall–Kier alpha value is -1.44. The summed E-state index contributed by atoms with van der Waals surface area (Å²) in [4.78, 5) is 2.71. The van der Waals surface area contributed by atoms with Gasteiger partial charge in [-0.2, -0.15) is 0 Å². The second kappa shape index (κ2) is 7.89. The highest BCUT2D eigenvalue weighted by molar-refractivity contribution is 5.58. The number of fused-ring (bicyclic) bond motifs is 1. The first-order valence-electron chi connectivity index (χ1n) is 11.3. The van der Waals surface area contributed by atoms with Crippen molar-refractivity contribution in [2.75, 3.05) is 0 Å². The number of nitrogens with zero attached hydrogens (tertiary/aromatic N) is 1. The zero-order valence-corrected chi connectivity index (χ0v) is 17.6. The van der Waals surface area contributed by atoms with Crippen molar-refractivity contribution < 1.29 is 0 Å². The molecule has 148 valence electrons. The van der Waals surface area contributed by atoms with Crippen LogP contribution < -0.4 is 5.32 Å². The molecule has 2 fully saturated rings. The average molecular weight is 367 g/mol. The van der Waals surface area contributed by atoms with Gasteiger partial charge in [-0.1, -0.05) is 64.3 Å². The van der Waals surface area contributed by atoms with Gasteiger partial charge in [0, 0.05) is 18.6 Å². The maximum Gasteiger partial charge on any atom is 0.103 e. The monoisotopic (exact) mass is 366 g/mol. The number of rotatable bonds is 3. The van der Waals surface area contributed by atoms with Crippen LogP contribution in [0.1, 0.15) is 89.7 Å². The van der Waals surface area contributed by atoms with Gasteiger partial charge in [0.25, 0.3) is 0 Å². The Balaban J connectivity index is 1.49. The second-order valence-electron chi connectivity index (χ2n) is 10.2. The maximum absolute atomic E-state index is 4.01. The van der Waals surface area contributed by atoms with E-state index in [0.717, 1.165) is 18.5 Å². The van der Waals surface area contributed by atoms with Crippen molar-refractivity contribution in [1.82, 2.24) is 10.2 Å². The van der Waals surface area contributed by atoms with Crippen molar-refractivity contribution in [2.24, 2.45) is 11.3 Å². The Labute approximate surface area is 166 Å². The third-order valence-electron chi connectivity index (χ3n) is 7.32. The molecule has 2 heteroatoms. The van der Waals surface area contributed by atoms with Crippen molar-refractivity contribution in [3.63, 3.8) is 0 Å². The SMILES string of the molecule is CC(C)(C)C1CCC(NC2=Cc3ccccc3CN2C2CCCCC2)CC1. The Morgan fingerprint density at radius 3 is 2.30 bits per heavy atom. The second-order valence-corrected chi connectivity index (χ2v) is 10.2. The minimum absolute atomic E-state index is 0.460. The summed E-state index contributed by atoms with van der Waals surface area (Å²) in [5.74, 6) is 2.28. The molecule has 2 saturated carbocycles. The van der Waals surface area contributed by atoms with Crippen LogP contribution in [0, 0.1) is 11.3 Å². The molecule has 0 saturated heterocycles. The molecule has 0 unspecified atom stereocenters. The largest absolute Gasteiger partial charge is 0.369 e. The summed E-state index contributed by atoms with van der Waals surface area (Å²) >= 11 is 0. The van der Waals surface area contributed by atoms with E-state index in [2.05, 4.69) is 61.3 Å². The first kappa shape index (κ1) is 18.9. The lowest BCUT2D eigenvalue weighted by Crippen LogP contribution is -2.45. The van der Waals surface area contributed by atoms with E-state index >= 15 is 0 Å². The normalized spacial score (nSPS) is 27.1. The molecule has 0 aromatic heterocycles. The topological polar surface area (TPSA) is 15.3 Å². The highest BCUT2D eigenvalue weighted by Gasteiger charge is 2.32. The van der Waals surface area contributed by atoms with E-state index in [1.165, 1.54) is 74.7 Å². The third kappa shape index (κ3) is 4.36. The van der Waals surface area contributed by atoms with E-state index < -0.39 is 0 Å². The molecule has 1 N–H and O–H groups in total. The predicted molar refractivity (Wildman–Crippen MR) is 115 cm³/mol. The summed E-state index contributed by atoms with van der Waals surface area (Å²) in [6.07, 6.45) is 14.7. The van der Waals surface area contributed by atoms with Crippen molar-refractivity contribution in [3.05, 3.63) is 41.2 Å². The van der Waals surface area contributed by atoms with Gasteiger partial charge in [0.15, 0.2) is 0 Å². The van der Waals surface area contributed by atoms with Crippen LogP contribution in [0.4, 0.5) is 0 Å². The Kier molecular flexibility index (Phi) is 5.53. The molecule has 3 aliphatic rings. The van der Waals surface area contributed by atoms with Gasteiger partial charge in [-0.15, -0.1) is 0 Å². The van der Waals surface area contributed by atoms with E-state index in [0.29, 0.717) is 11.5 Å². The number of benzene rings is 1. The highest BCUT2D eigenvalue weighted by Crippen LogP contribution is 2.38. The molecule has 1 aromatic rings. The van der Waals surface area contributed by atoms with Gasteiger partial charge >= 0.3 is 0 Å². The van der Waals surface area contributed by atoms with Crippen molar-refractivity contribution in [3.8, 4) is 0 Å². The van der Waals surface area contributed by atoms with Crippen LogP contribution >= 0.6 is 0 Å². The molecule has 0 radical (unpaired) electrons. The number of hydrogen-bond donors (Lipinski definition) is 1. The molecule has 2 aliphatic carbocycles. The van der Waals surface area contributed by atoms with E-state index in [4.69, 9.17) is 0 Å². The quantitative estimate of drug-likeness (QED) is 0.672. The summed E-state index contributed by atoms with van der Waals surface area (Å²) in [6.45, 7) is 8.32. The molecule has 27 heavy (non-hydrogen) atoms. The van der Waals surface area contributed by atoms with Gasteiger partial charge in [-0.05, 0) is 67.1 Å². The predicted octanol–water partition coefficient (Wildman–Crippen LogP) is 6.33. The van der Waals surface area contributed by atoms with Gasteiger partial charge in [-0.25, -0.2) is 0 Å². The molecule has 0 atom stereocenters. The van der Waals surface area contributed by atoms with E-state index in [1.54, 1.807) is 0 Å². The summed E-state index contributed by atoms with van der Waals surface area (Å²) in [5, 5.41) is 4.01. The molecule has 4 rings (SSSR count). The Morgan fingerprint density at radius 1 is 0.889 bits per heavy atom. The minimum atomic E-state index is 0.460. The molecule has 2 nitrogen and oxygen atoms in total. The molecular formula is C25H38N2. The first-order valence-corrected chi connectivity index (χ1v) is 11.3. The lowest BCUT2D eigenvalue weighted by molar-refractivity contribution is 0.144. The van der Waals surface area contributed by atoms with Crippen LogP contribution in [0.15, 0.2) is 30.1 Å². The van der Waals surface area contributed by atoms with Gasteiger partial charge in [0.2, 0.25) is 0 Å². The van der Waals surface area contributed by atoms with Crippen molar-refractivity contribution in [2.45, 2.75) is 97.2 Å². The van der Waals surface area contributed by atoms with Gasteiger partial charge in [0.05, 0.1) is 0 Å². The number of nitrogens with one attached hydrogen (secondary N) is 1. The molecular weight excluding hydrogens is 328 g/mol. The standard InChI is InChI=1S/C25H38N2/c1-25(2,3)21-13-15-22(16-14-21)26-24-17-19-9-7-8-10-20(19)18-27(24)23-11-5-4-6-12-23/h7-10,17,21-23,26H,4-6,11-16,18H2,1-3H3. The third-order valence-corrected chi connectivity index (χ3v) is 7.32. The van der Waals surface area contributed by atoms with Gasteiger partial charge in [0.1, 0.15) is 5.82 Å². The molecule has 1 aromatic carbocycles. The molecule has 0 spiro atoms. The fourth-order valence-corrected chi connectivity index (χ4v) is 5.47. The minimum Gasteiger partial charge on any atom is -0.369 e. The van der Waals surface area contributed by atoms with Crippen LogP contribution in [-0.2, 0) is 6.54 Å². The Morgan fingerprint density at radius 2 is 1.59 bits per heavy atom. The molecule has 0 amide bonds. The molecule has 1 aliphatic heterocycles.